The average molecular weight is 404 g/mol. The second-order valence-electron chi connectivity index (χ2n) is 9.40. The molecule has 3 N–H and O–H groups in total. The second kappa shape index (κ2) is 7.69. The van der Waals surface area contributed by atoms with E-state index in [2.05, 4.69) is 53.3 Å². The summed E-state index contributed by atoms with van der Waals surface area (Å²) in [5.74, 6) is 0.936. The highest BCUT2D eigenvalue weighted by Crippen LogP contribution is 2.33. The Hall–Kier alpha value is -2.99. The van der Waals surface area contributed by atoms with E-state index in [4.69, 9.17) is 0 Å². The number of rotatable bonds is 4. The van der Waals surface area contributed by atoms with Crippen molar-refractivity contribution in [2.24, 2.45) is 0 Å². The lowest BCUT2D eigenvalue weighted by Crippen LogP contribution is -2.60. The number of aromatic hydroxyl groups is 1. The molecule has 0 aliphatic carbocycles. The van der Waals surface area contributed by atoms with Gasteiger partial charge in [-0.05, 0) is 75.9 Å². The van der Waals surface area contributed by atoms with Gasteiger partial charge < -0.3 is 15.7 Å². The molecule has 1 fully saturated rings. The normalized spacial score (nSPS) is 18.1. The van der Waals surface area contributed by atoms with Crippen molar-refractivity contribution >= 4 is 5.82 Å². The number of phenolic OH excluding ortho intramolecular Hbond substituents is 1. The second-order valence-corrected chi connectivity index (χ2v) is 9.40. The van der Waals surface area contributed by atoms with Gasteiger partial charge in [-0.25, -0.2) is 4.98 Å². The van der Waals surface area contributed by atoms with Crippen LogP contribution in [0.1, 0.15) is 40.5 Å². The fourth-order valence-corrected chi connectivity index (χ4v) is 4.65. The van der Waals surface area contributed by atoms with E-state index < -0.39 is 0 Å². The zero-order chi connectivity index (χ0) is 21.4. The number of phenols is 1. The third-order valence-corrected chi connectivity index (χ3v) is 5.48. The zero-order valence-corrected chi connectivity index (χ0v) is 18.0. The Morgan fingerprint density at radius 2 is 1.63 bits per heavy atom. The lowest BCUT2D eigenvalue weighted by Gasteiger charge is -2.46. The summed E-state index contributed by atoms with van der Waals surface area (Å²) in [5.41, 5.74) is 3.37. The number of pyridine rings is 1. The van der Waals surface area contributed by atoms with Gasteiger partial charge in [0.1, 0.15) is 11.6 Å². The molecule has 0 radical (unpaired) electrons. The maximum absolute atomic E-state index is 10.5. The first-order chi connectivity index (χ1) is 14.2. The largest absolute Gasteiger partial charge is 0.507 e. The van der Waals surface area contributed by atoms with Crippen molar-refractivity contribution in [3.05, 3.63) is 55.1 Å². The van der Waals surface area contributed by atoms with E-state index in [1.807, 2.05) is 24.3 Å². The number of benzene rings is 1. The SMILES string of the molecule is CC1(C)CC(Nc2cnc(-c3ccc(-c4ccncc4)cc3O)cn2)CC(C)(C)N1. The molecule has 0 atom stereocenters. The Labute approximate surface area is 177 Å². The summed E-state index contributed by atoms with van der Waals surface area (Å²) in [6, 6.07) is 9.75. The van der Waals surface area contributed by atoms with E-state index in [9.17, 15) is 5.11 Å². The van der Waals surface area contributed by atoms with Crippen molar-refractivity contribution < 1.29 is 5.11 Å². The van der Waals surface area contributed by atoms with Crippen LogP contribution >= 0.6 is 0 Å². The summed E-state index contributed by atoms with van der Waals surface area (Å²) < 4.78 is 0. The molecule has 0 unspecified atom stereocenters. The van der Waals surface area contributed by atoms with Crippen LogP contribution in [0, 0.1) is 0 Å². The van der Waals surface area contributed by atoms with Gasteiger partial charge in [0.25, 0.3) is 0 Å². The molecule has 1 aromatic carbocycles. The monoisotopic (exact) mass is 403 g/mol. The Morgan fingerprint density at radius 3 is 2.23 bits per heavy atom. The van der Waals surface area contributed by atoms with Crippen LogP contribution in [-0.4, -0.2) is 37.2 Å². The van der Waals surface area contributed by atoms with Gasteiger partial charge in [0, 0.05) is 35.1 Å². The predicted octanol–water partition coefficient (Wildman–Crippen LogP) is 4.63. The van der Waals surface area contributed by atoms with Crippen molar-refractivity contribution in [3.8, 4) is 28.1 Å². The highest BCUT2D eigenvalue weighted by Gasteiger charge is 2.37. The molecule has 0 amide bonds. The summed E-state index contributed by atoms with van der Waals surface area (Å²) in [4.78, 5) is 13.1. The molecular weight excluding hydrogens is 374 g/mol. The molecule has 1 aliphatic rings. The number of nitrogens with one attached hydrogen (secondary N) is 2. The van der Waals surface area contributed by atoms with Gasteiger partial charge in [0.05, 0.1) is 18.1 Å². The van der Waals surface area contributed by atoms with Gasteiger partial charge in [-0.15, -0.1) is 0 Å². The average Bonchev–Trinajstić information content (AvgIpc) is 2.67. The van der Waals surface area contributed by atoms with E-state index >= 15 is 0 Å². The van der Waals surface area contributed by atoms with Crippen molar-refractivity contribution in [2.75, 3.05) is 5.32 Å². The van der Waals surface area contributed by atoms with Crippen molar-refractivity contribution in [3.63, 3.8) is 0 Å². The van der Waals surface area contributed by atoms with Gasteiger partial charge in [-0.1, -0.05) is 6.07 Å². The van der Waals surface area contributed by atoms with Crippen LogP contribution in [0.4, 0.5) is 5.82 Å². The molecule has 1 saturated heterocycles. The van der Waals surface area contributed by atoms with Gasteiger partial charge in [-0.2, -0.15) is 0 Å². The van der Waals surface area contributed by atoms with Crippen LogP contribution in [0.5, 0.6) is 5.75 Å². The Kier molecular flexibility index (Phi) is 5.20. The Morgan fingerprint density at radius 1 is 0.933 bits per heavy atom. The van der Waals surface area contributed by atoms with Gasteiger partial charge in [-0.3, -0.25) is 9.97 Å². The van der Waals surface area contributed by atoms with Gasteiger partial charge in [0.15, 0.2) is 0 Å². The number of hydrogen-bond acceptors (Lipinski definition) is 6. The topological polar surface area (TPSA) is 83.0 Å². The maximum Gasteiger partial charge on any atom is 0.144 e. The molecule has 0 bridgehead atoms. The third kappa shape index (κ3) is 4.60. The first-order valence-corrected chi connectivity index (χ1v) is 10.3. The standard InChI is InChI=1S/C24H29N5O/c1-23(2)12-18(13-24(3,4)29-23)28-22-15-26-20(14-27-22)19-6-5-17(11-21(19)30)16-7-9-25-10-8-16/h5-11,14-15,18,29-30H,12-13H2,1-4H3,(H,27,28). The fourth-order valence-electron chi connectivity index (χ4n) is 4.65. The van der Waals surface area contributed by atoms with Crippen molar-refractivity contribution in [2.45, 2.75) is 57.7 Å². The highest BCUT2D eigenvalue weighted by atomic mass is 16.3. The minimum absolute atomic E-state index is 0.0646. The van der Waals surface area contributed by atoms with E-state index in [1.54, 1.807) is 30.9 Å². The third-order valence-electron chi connectivity index (χ3n) is 5.48. The van der Waals surface area contributed by atoms with E-state index in [1.165, 1.54) is 0 Å². The number of nitrogens with zero attached hydrogens (tertiary/aromatic N) is 3. The Bertz CT molecular complexity index is 1000. The van der Waals surface area contributed by atoms with Gasteiger partial charge in [0.2, 0.25) is 0 Å². The highest BCUT2D eigenvalue weighted by molar-refractivity contribution is 5.74. The molecule has 3 heterocycles. The van der Waals surface area contributed by atoms with E-state index in [0.29, 0.717) is 17.3 Å². The molecule has 0 spiro atoms. The fraction of sp³-hybridized carbons (Fsp3) is 0.375. The number of aromatic nitrogens is 3. The maximum atomic E-state index is 10.5. The molecular formula is C24H29N5O. The summed E-state index contributed by atoms with van der Waals surface area (Å²) >= 11 is 0. The molecule has 3 aromatic rings. The predicted molar refractivity (Wildman–Crippen MR) is 120 cm³/mol. The number of anilines is 1. The lowest BCUT2D eigenvalue weighted by atomic mass is 9.79. The molecule has 156 valence electrons. The van der Waals surface area contributed by atoms with E-state index in [-0.39, 0.29) is 16.8 Å². The first-order valence-electron chi connectivity index (χ1n) is 10.3. The lowest BCUT2D eigenvalue weighted by molar-refractivity contribution is 0.170. The van der Waals surface area contributed by atoms with Gasteiger partial charge >= 0.3 is 0 Å². The smallest absolute Gasteiger partial charge is 0.144 e. The number of piperidine rings is 1. The summed E-state index contributed by atoms with van der Waals surface area (Å²) in [6.07, 6.45) is 8.95. The molecule has 4 rings (SSSR count). The minimum Gasteiger partial charge on any atom is -0.507 e. The molecule has 30 heavy (non-hydrogen) atoms. The first kappa shape index (κ1) is 20.3. The van der Waals surface area contributed by atoms with Crippen LogP contribution in [0.25, 0.3) is 22.4 Å². The van der Waals surface area contributed by atoms with Crippen molar-refractivity contribution in [1.82, 2.24) is 20.3 Å². The summed E-state index contributed by atoms with van der Waals surface area (Å²) in [5, 5.41) is 17.8. The number of hydrogen-bond donors (Lipinski definition) is 3. The molecule has 6 nitrogen and oxygen atoms in total. The van der Waals surface area contributed by atoms with Crippen molar-refractivity contribution in [1.29, 1.82) is 0 Å². The molecule has 2 aromatic heterocycles. The van der Waals surface area contributed by atoms with Crippen LogP contribution in [0.15, 0.2) is 55.1 Å². The quantitative estimate of drug-likeness (QED) is 0.589. The molecule has 1 aliphatic heterocycles. The molecule has 6 heteroatoms. The minimum atomic E-state index is 0.0646. The van der Waals surface area contributed by atoms with Crippen LogP contribution in [0.2, 0.25) is 0 Å². The van der Waals surface area contributed by atoms with Crippen LogP contribution < -0.4 is 10.6 Å². The molecule has 0 saturated carbocycles. The van der Waals surface area contributed by atoms with E-state index in [0.717, 1.165) is 29.8 Å². The van der Waals surface area contributed by atoms with Crippen LogP contribution in [-0.2, 0) is 0 Å². The Balaban J connectivity index is 1.50. The zero-order valence-electron chi connectivity index (χ0n) is 18.0. The van der Waals surface area contributed by atoms with Crippen LogP contribution in [0.3, 0.4) is 0 Å². The summed E-state index contributed by atoms with van der Waals surface area (Å²) in [6.45, 7) is 8.93. The summed E-state index contributed by atoms with van der Waals surface area (Å²) in [7, 11) is 0.